The zero-order valence-electron chi connectivity index (χ0n) is 23.0. The van der Waals surface area contributed by atoms with E-state index < -0.39 is 0 Å². The van der Waals surface area contributed by atoms with Gasteiger partial charge in [0.15, 0.2) is 0 Å². The highest BCUT2D eigenvalue weighted by atomic mass is 16.2. The Morgan fingerprint density at radius 1 is 0.455 bits per heavy atom. The number of nitrogens with zero attached hydrogens (tertiary/aromatic N) is 4. The van der Waals surface area contributed by atoms with Gasteiger partial charge < -0.3 is 19.6 Å². The summed E-state index contributed by atoms with van der Waals surface area (Å²) in [5, 5.41) is 0. The highest BCUT2D eigenvalue weighted by molar-refractivity contribution is 5.73. The number of piperidine rings is 4. The number of carbonyl (C=O) groups is 1. The van der Waals surface area contributed by atoms with E-state index >= 15 is 0 Å². The molecule has 0 aromatic carbocycles. The SMILES string of the molecule is CC(=O)N1CCCCC1.CCN1CCCCC1.CCN1CCCCC1.CCN1CCCCC1. The Bertz CT molecular complexity index is 392. The van der Waals surface area contributed by atoms with Crippen LogP contribution in [0.2, 0.25) is 0 Å². The molecule has 4 aliphatic rings. The fraction of sp³-hybridized carbons (Fsp3) is 0.964. The van der Waals surface area contributed by atoms with E-state index in [9.17, 15) is 4.79 Å². The summed E-state index contributed by atoms with van der Waals surface area (Å²) in [5.41, 5.74) is 0. The number of likely N-dealkylation sites (tertiary alicyclic amines) is 4. The monoisotopic (exact) mass is 466 g/mol. The quantitative estimate of drug-likeness (QED) is 0.550. The second kappa shape index (κ2) is 20.7. The Labute approximate surface area is 207 Å². The lowest BCUT2D eigenvalue weighted by Gasteiger charge is -2.24. The zero-order valence-corrected chi connectivity index (χ0v) is 23.0. The third-order valence-corrected chi connectivity index (χ3v) is 7.49. The van der Waals surface area contributed by atoms with Crippen LogP contribution in [-0.4, -0.2) is 97.5 Å². The van der Waals surface area contributed by atoms with Crippen molar-refractivity contribution in [2.45, 2.75) is 105 Å². The van der Waals surface area contributed by atoms with Gasteiger partial charge in [-0.15, -0.1) is 0 Å². The minimum absolute atomic E-state index is 0.231. The molecule has 0 aromatic heterocycles. The molecule has 4 fully saturated rings. The molecule has 1 amide bonds. The molecule has 0 unspecified atom stereocenters. The van der Waals surface area contributed by atoms with Crippen molar-refractivity contribution in [1.29, 1.82) is 0 Å². The predicted molar refractivity (Wildman–Crippen MR) is 144 cm³/mol. The van der Waals surface area contributed by atoms with Crippen molar-refractivity contribution in [3.8, 4) is 0 Å². The van der Waals surface area contributed by atoms with E-state index in [0.29, 0.717) is 0 Å². The normalized spacial score (nSPS) is 22.6. The molecule has 0 bridgehead atoms. The Morgan fingerprint density at radius 3 is 0.848 bits per heavy atom. The fourth-order valence-electron chi connectivity index (χ4n) is 5.04. The molecular formula is C28H58N4O. The van der Waals surface area contributed by atoms with E-state index in [1.54, 1.807) is 6.92 Å². The van der Waals surface area contributed by atoms with Crippen LogP contribution >= 0.6 is 0 Å². The van der Waals surface area contributed by atoms with Gasteiger partial charge in [-0.25, -0.2) is 0 Å². The van der Waals surface area contributed by atoms with Crippen LogP contribution in [0.5, 0.6) is 0 Å². The van der Waals surface area contributed by atoms with Crippen LogP contribution in [0.1, 0.15) is 105 Å². The van der Waals surface area contributed by atoms with Gasteiger partial charge in [0.1, 0.15) is 0 Å². The maximum Gasteiger partial charge on any atom is 0.219 e. The molecule has 0 N–H and O–H groups in total. The van der Waals surface area contributed by atoms with E-state index in [1.165, 1.54) is 136 Å². The lowest BCUT2D eigenvalue weighted by molar-refractivity contribution is -0.129. The molecule has 0 radical (unpaired) electrons. The van der Waals surface area contributed by atoms with Crippen LogP contribution in [0.3, 0.4) is 0 Å². The molecule has 4 saturated heterocycles. The lowest BCUT2D eigenvalue weighted by Crippen LogP contribution is -2.33. The molecule has 0 atom stereocenters. The number of hydrogen-bond acceptors (Lipinski definition) is 4. The minimum atomic E-state index is 0.231. The molecule has 5 heteroatoms. The second-order valence-electron chi connectivity index (χ2n) is 10.1. The van der Waals surface area contributed by atoms with Crippen molar-refractivity contribution in [2.75, 3.05) is 72.0 Å². The Morgan fingerprint density at radius 2 is 0.697 bits per heavy atom. The van der Waals surface area contributed by atoms with E-state index in [1.807, 2.05) is 4.90 Å². The van der Waals surface area contributed by atoms with Gasteiger partial charge in [0.2, 0.25) is 5.91 Å². The van der Waals surface area contributed by atoms with E-state index in [2.05, 4.69) is 35.5 Å². The summed E-state index contributed by atoms with van der Waals surface area (Å²) < 4.78 is 0. The Balaban J connectivity index is 0.000000220. The zero-order chi connectivity index (χ0) is 24.2. The smallest absolute Gasteiger partial charge is 0.219 e. The van der Waals surface area contributed by atoms with Crippen molar-refractivity contribution < 1.29 is 4.79 Å². The van der Waals surface area contributed by atoms with Crippen LogP contribution in [0.15, 0.2) is 0 Å². The maximum absolute atomic E-state index is 10.7. The average molecular weight is 467 g/mol. The number of carbonyl (C=O) groups excluding carboxylic acids is 1. The first-order valence-electron chi connectivity index (χ1n) is 14.5. The first-order chi connectivity index (χ1) is 16.1. The molecule has 33 heavy (non-hydrogen) atoms. The second-order valence-corrected chi connectivity index (χ2v) is 10.1. The van der Waals surface area contributed by atoms with Crippen LogP contribution in [0.4, 0.5) is 0 Å². The first-order valence-corrected chi connectivity index (χ1v) is 14.5. The molecular weight excluding hydrogens is 408 g/mol. The Kier molecular flexibility index (Phi) is 19.1. The number of rotatable bonds is 3. The predicted octanol–water partition coefficient (Wildman–Crippen LogP) is 5.50. The Hall–Kier alpha value is -0.650. The summed E-state index contributed by atoms with van der Waals surface area (Å²) in [6.07, 6.45) is 16.6. The van der Waals surface area contributed by atoms with Crippen molar-refractivity contribution in [1.82, 2.24) is 19.6 Å². The number of hydrogen-bond donors (Lipinski definition) is 0. The van der Waals surface area contributed by atoms with Crippen molar-refractivity contribution in [2.24, 2.45) is 0 Å². The molecule has 4 heterocycles. The van der Waals surface area contributed by atoms with Gasteiger partial charge in [0.05, 0.1) is 0 Å². The van der Waals surface area contributed by atoms with Crippen molar-refractivity contribution >= 4 is 5.91 Å². The van der Waals surface area contributed by atoms with E-state index in [0.717, 1.165) is 13.1 Å². The van der Waals surface area contributed by atoms with Gasteiger partial charge in [-0.3, -0.25) is 4.79 Å². The summed E-state index contributed by atoms with van der Waals surface area (Å²) in [7, 11) is 0. The molecule has 4 rings (SSSR count). The standard InChI is InChI=1S/C7H13NO.3C7H15N/c1-7(9)8-5-3-2-4-6-8;3*1-2-8-6-4-3-5-7-8/h2-6H2,1H3;3*2-7H2,1H3. The summed E-state index contributed by atoms with van der Waals surface area (Å²) >= 11 is 0. The third-order valence-electron chi connectivity index (χ3n) is 7.49. The maximum atomic E-state index is 10.7. The van der Waals surface area contributed by atoms with Crippen molar-refractivity contribution in [3.05, 3.63) is 0 Å². The highest BCUT2D eigenvalue weighted by Crippen LogP contribution is 2.09. The van der Waals surface area contributed by atoms with E-state index in [4.69, 9.17) is 0 Å². The third kappa shape index (κ3) is 15.8. The van der Waals surface area contributed by atoms with Gasteiger partial charge in [-0.05, 0) is 117 Å². The molecule has 0 spiro atoms. The lowest BCUT2D eigenvalue weighted by atomic mass is 10.1. The molecule has 5 nitrogen and oxygen atoms in total. The van der Waals surface area contributed by atoms with Crippen LogP contribution in [-0.2, 0) is 4.79 Å². The topological polar surface area (TPSA) is 30.0 Å². The summed E-state index contributed by atoms with van der Waals surface area (Å²) in [5.74, 6) is 0.231. The van der Waals surface area contributed by atoms with Gasteiger partial charge in [-0.1, -0.05) is 40.0 Å². The fourth-order valence-corrected chi connectivity index (χ4v) is 5.04. The molecule has 196 valence electrons. The highest BCUT2D eigenvalue weighted by Gasteiger charge is 2.11. The first kappa shape index (κ1) is 30.4. The number of amides is 1. The summed E-state index contributed by atoms with van der Waals surface area (Å²) in [4.78, 5) is 20.2. The molecule has 4 aliphatic heterocycles. The minimum Gasteiger partial charge on any atom is -0.343 e. The molecule has 0 aliphatic carbocycles. The molecule has 0 saturated carbocycles. The molecule has 0 aromatic rings. The average Bonchev–Trinajstić information content (AvgIpc) is 2.91. The van der Waals surface area contributed by atoms with Crippen LogP contribution in [0.25, 0.3) is 0 Å². The van der Waals surface area contributed by atoms with Crippen molar-refractivity contribution in [3.63, 3.8) is 0 Å². The van der Waals surface area contributed by atoms with Gasteiger partial charge >= 0.3 is 0 Å². The largest absolute Gasteiger partial charge is 0.343 e. The summed E-state index contributed by atoms with van der Waals surface area (Å²) in [6, 6.07) is 0. The van der Waals surface area contributed by atoms with Gasteiger partial charge in [0, 0.05) is 20.0 Å². The van der Waals surface area contributed by atoms with Crippen LogP contribution < -0.4 is 0 Å². The van der Waals surface area contributed by atoms with Gasteiger partial charge in [0.25, 0.3) is 0 Å². The van der Waals surface area contributed by atoms with Gasteiger partial charge in [-0.2, -0.15) is 0 Å². The summed E-state index contributed by atoms with van der Waals surface area (Å²) in [6.45, 7) is 22.1. The van der Waals surface area contributed by atoms with E-state index in [-0.39, 0.29) is 5.91 Å². The van der Waals surface area contributed by atoms with Crippen LogP contribution in [0, 0.1) is 0 Å².